The molecule has 0 bridgehead atoms. The molecule has 0 heterocycles. The van der Waals surface area contributed by atoms with Crippen molar-refractivity contribution in [3.05, 3.63) is 87.4 Å². The Morgan fingerprint density at radius 3 is 2.48 bits per heavy atom. The van der Waals surface area contributed by atoms with E-state index in [1.807, 2.05) is 0 Å². The van der Waals surface area contributed by atoms with E-state index in [2.05, 4.69) is 31.8 Å². The van der Waals surface area contributed by atoms with Gasteiger partial charge in [0.25, 0.3) is 0 Å². The summed E-state index contributed by atoms with van der Waals surface area (Å²) >= 11 is 9.17. The highest BCUT2D eigenvalue weighted by atomic mass is 79.9. The molecule has 0 saturated carbocycles. The van der Waals surface area contributed by atoms with E-state index < -0.39 is 17.8 Å². The van der Waals surface area contributed by atoms with E-state index in [-0.39, 0.29) is 5.75 Å². The van der Waals surface area contributed by atoms with Crippen molar-refractivity contribution in [2.45, 2.75) is 0 Å². The summed E-state index contributed by atoms with van der Waals surface area (Å²) in [6.45, 7) is 0. The molecule has 0 aliphatic heterocycles. The maximum atomic E-state index is 12.4. The van der Waals surface area contributed by atoms with Crippen LogP contribution in [0.4, 0.5) is 5.69 Å². The van der Waals surface area contributed by atoms with Gasteiger partial charge in [-0.3, -0.25) is 9.59 Å². The van der Waals surface area contributed by atoms with Gasteiger partial charge in [-0.05, 0) is 54.6 Å². The summed E-state index contributed by atoms with van der Waals surface area (Å²) in [5, 5.41) is 6.73. The number of ether oxygens (including phenoxy) is 2. The fourth-order valence-electron chi connectivity index (χ4n) is 2.56. The number of nitrogens with one attached hydrogen (secondary N) is 2. The molecule has 0 aliphatic rings. The van der Waals surface area contributed by atoms with E-state index in [1.165, 1.54) is 13.3 Å². The van der Waals surface area contributed by atoms with Gasteiger partial charge < -0.3 is 14.8 Å². The Balaban J connectivity index is 1.65. The maximum absolute atomic E-state index is 12.4. The van der Waals surface area contributed by atoms with Crippen LogP contribution in [-0.2, 0) is 9.59 Å². The van der Waals surface area contributed by atoms with Crippen LogP contribution in [0.5, 0.6) is 11.5 Å². The number of methoxy groups -OCH3 is 1. The molecule has 3 rings (SSSR count). The molecule has 2 amide bonds. The molecule has 0 aliphatic carbocycles. The third-order valence-corrected chi connectivity index (χ3v) is 4.90. The zero-order valence-corrected chi connectivity index (χ0v) is 19.5. The molecule has 0 saturated heterocycles. The van der Waals surface area contributed by atoms with Gasteiger partial charge in [-0.2, -0.15) is 5.10 Å². The van der Waals surface area contributed by atoms with Crippen molar-refractivity contribution in [1.82, 2.24) is 5.43 Å². The molecular weight excluding hydrogens is 514 g/mol. The number of amides is 2. The van der Waals surface area contributed by atoms with Crippen molar-refractivity contribution >= 4 is 57.2 Å². The highest BCUT2D eigenvalue weighted by Gasteiger charge is 2.14. The average Bonchev–Trinajstić information content (AvgIpc) is 2.81. The van der Waals surface area contributed by atoms with Gasteiger partial charge in [0.1, 0.15) is 11.5 Å². The molecule has 0 spiro atoms. The summed E-state index contributed by atoms with van der Waals surface area (Å²) in [5.41, 5.74) is 3.23. The molecule has 0 unspecified atom stereocenters. The second-order valence-corrected chi connectivity index (χ2v) is 7.82. The molecule has 33 heavy (non-hydrogen) atoms. The molecule has 2 N–H and O–H groups in total. The number of hydrazone groups is 1. The van der Waals surface area contributed by atoms with Gasteiger partial charge in [-0.25, -0.2) is 10.2 Å². The fourth-order valence-corrected chi connectivity index (χ4v) is 3.06. The van der Waals surface area contributed by atoms with Crippen LogP contribution in [-0.4, -0.2) is 31.1 Å². The van der Waals surface area contributed by atoms with Crippen LogP contribution >= 0.6 is 27.5 Å². The number of anilines is 1. The number of benzene rings is 3. The van der Waals surface area contributed by atoms with E-state index in [9.17, 15) is 14.4 Å². The molecule has 0 fully saturated rings. The average molecular weight is 531 g/mol. The van der Waals surface area contributed by atoms with Gasteiger partial charge in [0.15, 0.2) is 0 Å². The molecule has 0 atom stereocenters. The number of rotatable bonds is 6. The SMILES string of the molecule is COc1cccc(NC(=O)C(=O)NN=Cc2cc(Br)ccc2OC(=O)c2ccc(Cl)cc2)c1. The molecule has 10 heteroatoms. The Bertz CT molecular complexity index is 1210. The topological polar surface area (TPSA) is 106 Å². The number of carbonyl (C=O) groups excluding carboxylic acids is 3. The van der Waals surface area contributed by atoms with Crippen LogP contribution < -0.4 is 20.2 Å². The summed E-state index contributed by atoms with van der Waals surface area (Å²) in [6, 6.07) is 17.7. The molecule has 8 nitrogen and oxygen atoms in total. The fraction of sp³-hybridized carbons (Fsp3) is 0.0435. The van der Waals surface area contributed by atoms with Crippen LogP contribution in [0, 0.1) is 0 Å². The van der Waals surface area contributed by atoms with Crippen LogP contribution in [0.1, 0.15) is 15.9 Å². The van der Waals surface area contributed by atoms with Crippen LogP contribution in [0.25, 0.3) is 0 Å². The van der Waals surface area contributed by atoms with Gasteiger partial charge in [0, 0.05) is 26.8 Å². The van der Waals surface area contributed by atoms with E-state index in [4.69, 9.17) is 21.1 Å². The summed E-state index contributed by atoms with van der Waals surface area (Å²) in [5.74, 6) is -1.75. The Morgan fingerprint density at radius 1 is 1.00 bits per heavy atom. The number of hydrogen-bond acceptors (Lipinski definition) is 6. The first-order valence-electron chi connectivity index (χ1n) is 9.41. The lowest BCUT2D eigenvalue weighted by atomic mass is 10.2. The van der Waals surface area contributed by atoms with E-state index in [0.29, 0.717) is 32.1 Å². The van der Waals surface area contributed by atoms with E-state index in [1.54, 1.807) is 66.7 Å². The Hall–Kier alpha value is -3.69. The predicted octanol–water partition coefficient (Wildman–Crippen LogP) is 4.42. The van der Waals surface area contributed by atoms with Gasteiger partial charge in [-0.1, -0.05) is 33.6 Å². The zero-order chi connectivity index (χ0) is 23.8. The van der Waals surface area contributed by atoms with Crippen LogP contribution in [0.3, 0.4) is 0 Å². The second-order valence-electron chi connectivity index (χ2n) is 6.46. The largest absolute Gasteiger partial charge is 0.497 e. The highest BCUT2D eigenvalue weighted by molar-refractivity contribution is 9.10. The monoisotopic (exact) mass is 529 g/mol. The van der Waals surface area contributed by atoms with Crippen molar-refractivity contribution in [1.29, 1.82) is 0 Å². The second kappa shape index (κ2) is 11.3. The smallest absolute Gasteiger partial charge is 0.343 e. The van der Waals surface area contributed by atoms with Crippen molar-refractivity contribution in [3.8, 4) is 11.5 Å². The normalized spacial score (nSPS) is 10.5. The minimum absolute atomic E-state index is 0.206. The van der Waals surface area contributed by atoms with Crippen LogP contribution in [0.15, 0.2) is 76.3 Å². The minimum atomic E-state index is -0.983. The predicted molar refractivity (Wildman–Crippen MR) is 128 cm³/mol. The minimum Gasteiger partial charge on any atom is -0.497 e. The number of nitrogens with zero attached hydrogens (tertiary/aromatic N) is 1. The summed E-state index contributed by atoms with van der Waals surface area (Å²) in [4.78, 5) is 36.5. The lowest BCUT2D eigenvalue weighted by Crippen LogP contribution is -2.32. The van der Waals surface area contributed by atoms with Crippen molar-refractivity contribution < 1.29 is 23.9 Å². The van der Waals surface area contributed by atoms with Gasteiger partial charge in [0.2, 0.25) is 0 Å². The number of halogens is 2. The number of hydrogen-bond donors (Lipinski definition) is 2. The molecule has 3 aromatic rings. The summed E-state index contributed by atoms with van der Waals surface area (Å²) in [7, 11) is 1.49. The van der Waals surface area contributed by atoms with E-state index >= 15 is 0 Å². The maximum Gasteiger partial charge on any atom is 0.343 e. The summed E-state index contributed by atoms with van der Waals surface area (Å²) in [6.07, 6.45) is 1.26. The van der Waals surface area contributed by atoms with Gasteiger partial charge in [-0.15, -0.1) is 0 Å². The zero-order valence-electron chi connectivity index (χ0n) is 17.2. The van der Waals surface area contributed by atoms with Crippen molar-refractivity contribution in [2.24, 2.45) is 5.10 Å². The first-order valence-corrected chi connectivity index (χ1v) is 10.6. The lowest BCUT2D eigenvalue weighted by molar-refractivity contribution is -0.136. The quantitative estimate of drug-likeness (QED) is 0.161. The Morgan fingerprint density at radius 2 is 1.76 bits per heavy atom. The standard InChI is InChI=1S/C23H17BrClN3O5/c1-32-19-4-2-3-18(12-19)27-21(29)22(30)28-26-13-15-11-16(24)7-10-20(15)33-23(31)14-5-8-17(25)9-6-14/h2-13H,1H3,(H,27,29)(H,28,30). The highest BCUT2D eigenvalue weighted by Crippen LogP contribution is 2.23. The number of esters is 1. The van der Waals surface area contributed by atoms with Gasteiger partial charge in [0.05, 0.1) is 18.9 Å². The first kappa shape index (κ1) is 24.0. The molecular formula is C23H17BrClN3O5. The Kier molecular flexibility index (Phi) is 8.17. The first-order chi connectivity index (χ1) is 15.9. The summed E-state index contributed by atoms with van der Waals surface area (Å²) < 4.78 is 11.2. The lowest BCUT2D eigenvalue weighted by Gasteiger charge is -2.08. The molecule has 0 radical (unpaired) electrons. The van der Waals surface area contributed by atoms with Crippen LogP contribution in [0.2, 0.25) is 5.02 Å². The number of carbonyl (C=O) groups is 3. The Labute approximate surface area is 202 Å². The van der Waals surface area contributed by atoms with Gasteiger partial charge >= 0.3 is 17.8 Å². The molecule has 3 aromatic carbocycles. The molecule has 0 aromatic heterocycles. The third kappa shape index (κ3) is 6.90. The third-order valence-electron chi connectivity index (χ3n) is 4.16. The van der Waals surface area contributed by atoms with Crippen molar-refractivity contribution in [3.63, 3.8) is 0 Å². The van der Waals surface area contributed by atoms with E-state index in [0.717, 1.165) is 0 Å². The molecule has 168 valence electrons. The van der Waals surface area contributed by atoms with Crippen molar-refractivity contribution in [2.75, 3.05) is 12.4 Å².